The van der Waals surface area contributed by atoms with Gasteiger partial charge in [-0.3, -0.25) is 4.98 Å². The maximum absolute atomic E-state index is 10.2. The van der Waals surface area contributed by atoms with Gasteiger partial charge in [0.25, 0.3) is 0 Å². The third-order valence-electron chi connectivity index (χ3n) is 6.63. The number of benzene rings is 3. The van der Waals surface area contributed by atoms with Gasteiger partial charge in [-0.15, -0.1) is 0 Å². The van der Waals surface area contributed by atoms with Gasteiger partial charge in [-0.2, -0.15) is 0 Å². The topological polar surface area (TPSA) is 80.4 Å². The van der Waals surface area contributed by atoms with Crippen molar-refractivity contribution in [1.29, 1.82) is 0 Å². The summed E-state index contributed by atoms with van der Waals surface area (Å²) in [4.78, 5) is 4.76. The summed E-state index contributed by atoms with van der Waals surface area (Å²) in [5.41, 5.74) is 13.0. The molecule has 1 aliphatic carbocycles. The van der Waals surface area contributed by atoms with Crippen LogP contribution >= 0.6 is 11.6 Å². The van der Waals surface area contributed by atoms with Gasteiger partial charge in [0, 0.05) is 22.8 Å². The molecular formula is C29H30ClN3O2. The number of nitrogens with one attached hydrogen (secondary N) is 1. The lowest BCUT2D eigenvalue weighted by Crippen LogP contribution is -2.28. The first kappa shape index (κ1) is 23.5. The average molecular weight is 488 g/mol. The Morgan fingerprint density at radius 2 is 1.83 bits per heavy atom. The molecule has 0 atom stereocenters. The maximum Gasteiger partial charge on any atom is 0.176 e. The number of phenols is 1. The quantitative estimate of drug-likeness (QED) is 0.257. The van der Waals surface area contributed by atoms with Crippen molar-refractivity contribution >= 4 is 33.9 Å². The van der Waals surface area contributed by atoms with Crippen molar-refractivity contribution < 1.29 is 9.84 Å². The lowest BCUT2D eigenvalue weighted by molar-refractivity contribution is 0.374. The van der Waals surface area contributed by atoms with Crippen LogP contribution in [0, 0.1) is 5.92 Å². The predicted octanol–water partition coefficient (Wildman–Crippen LogP) is 7.16. The summed E-state index contributed by atoms with van der Waals surface area (Å²) in [5, 5.41) is 15.1. The number of anilines is 2. The van der Waals surface area contributed by atoms with Gasteiger partial charge in [0.05, 0.1) is 23.3 Å². The van der Waals surface area contributed by atoms with Crippen LogP contribution in [0.4, 0.5) is 11.4 Å². The second-order valence-corrected chi connectivity index (χ2v) is 10.4. The number of methoxy groups -OCH3 is 1. The molecule has 0 bridgehead atoms. The molecule has 1 fully saturated rings. The minimum atomic E-state index is -0.389. The Labute approximate surface area is 210 Å². The van der Waals surface area contributed by atoms with E-state index in [9.17, 15) is 5.11 Å². The van der Waals surface area contributed by atoms with E-state index in [0.717, 1.165) is 51.3 Å². The van der Waals surface area contributed by atoms with E-state index in [1.165, 1.54) is 25.5 Å². The Morgan fingerprint density at radius 3 is 2.49 bits per heavy atom. The van der Waals surface area contributed by atoms with Crippen molar-refractivity contribution in [3.63, 3.8) is 0 Å². The summed E-state index contributed by atoms with van der Waals surface area (Å²) in [6.07, 6.45) is 5.54. The number of halogens is 1. The van der Waals surface area contributed by atoms with Crippen LogP contribution in [-0.4, -0.2) is 17.2 Å². The van der Waals surface area contributed by atoms with Crippen molar-refractivity contribution in [1.82, 2.24) is 4.98 Å². The van der Waals surface area contributed by atoms with Gasteiger partial charge in [0.1, 0.15) is 0 Å². The van der Waals surface area contributed by atoms with Crippen molar-refractivity contribution in [3.8, 4) is 22.6 Å². The minimum absolute atomic E-state index is 0.0569. The van der Waals surface area contributed by atoms with E-state index < -0.39 is 0 Å². The highest BCUT2D eigenvalue weighted by Gasteiger charge is 2.24. The maximum atomic E-state index is 10.2. The van der Waals surface area contributed by atoms with Crippen molar-refractivity contribution in [2.45, 2.75) is 38.6 Å². The molecule has 6 heteroatoms. The van der Waals surface area contributed by atoms with Gasteiger partial charge in [-0.1, -0.05) is 29.8 Å². The lowest BCUT2D eigenvalue weighted by atomic mass is 9.95. The standard InChI is InChI=1S/C29H30ClN3O2/c1-29(2,31)21-7-9-22(10-8-21)33-27-20(12-17-4-5-17)16-32-25-11-6-18(13-23(25)27)19-14-24(30)28(34)26(15-19)35-3/h6-11,13-17,34H,4-5,12,31H2,1-3H3,(H,32,33). The van der Waals surface area contributed by atoms with Crippen LogP contribution in [-0.2, 0) is 12.0 Å². The number of hydrogen-bond donors (Lipinski definition) is 3. The molecule has 0 amide bonds. The molecule has 0 saturated heterocycles. The zero-order chi connectivity index (χ0) is 24.7. The van der Waals surface area contributed by atoms with Crippen LogP contribution in [0.5, 0.6) is 11.5 Å². The fraction of sp³-hybridized carbons (Fsp3) is 0.276. The van der Waals surface area contributed by atoms with Crippen molar-refractivity contribution in [2.75, 3.05) is 12.4 Å². The van der Waals surface area contributed by atoms with E-state index in [2.05, 4.69) is 35.6 Å². The van der Waals surface area contributed by atoms with Gasteiger partial charge >= 0.3 is 0 Å². The van der Waals surface area contributed by atoms with Gasteiger partial charge in [0.15, 0.2) is 11.5 Å². The van der Waals surface area contributed by atoms with E-state index in [1.807, 2.05) is 32.2 Å². The van der Waals surface area contributed by atoms with E-state index >= 15 is 0 Å². The highest BCUT2D eigenvalue weighted by Crippen LogP contribution is 2.41. The number of pyridine rings is 1. The molecule has 0 spiro atoms. The number of nitrogens with zero attached hydrogens (tertiary/aromatic N) is 1. The largest absolute Gasteiger partial charge is 0.503 e. The molecule has 4 N–H and O–H groups in total. The van der Waals surface area contributed by atoms with E-state index in [0.29, 0.717) is 5.75 Å². The fourth-order valence-corrected chi connectivity index (χ4v) is 4.58. The molecule has 1 aromatic heterocycles. The first-order valence-electron chi connectivity index (χ1n) is 11.9. The Morgan fingerprint density at radius 1 is 1.09 bits per heavy atom. The molecule has 5 nitrogen and oxygen atoms in total. The molecule has 1 aliphatic rings. The monoisotopic (exact) mass is 487 g/mol. The van der Waals surface area contributed by atoms with Crippen LogP contribution < -0.4 is 15.8 Å². The van der Waals surface area contributed by atoms with Crippen LogP contribution in [0.2, 0.25) is 5.02 Å². The number of rotatable bonds is 7. The van der Waals surface area contributed by atoms with E-state index in [1.54, 1.807) is 12.1 Å². The van der Waals surface area contributed by atoms with Gasteiger partial charge in [0.2, 0.25) is 0 Å². The molecule has 180 valence electrons. The number of hydrogen-bond acceptors (Lipinski definition) is 5. The Kier molecular flexibility index (Phi) is 6.07. The smallest absolute Gasteiger partial charge is 0.176 e. The molecule has 0 unspecified atom stereocenters. The molecule has 1 heterocycles. The van der Waals surface area contributed by atoms with E-state index in [4.69, 9.17) is 27.1 Å². The normalized spacial score (nSPS) is 13.7. The Hall–Kier alpha value is -3.28. The molecule has 5 rings (SSSR count). The number of aromatic hydroxyl groups is 1. The molecular weight excluding hydrogens is 458 g/mol. The molecule has 0 aliphatic heterocycles. The fourth-order valence-electron chi connectivity index (χ4n) is 4.37. The highest BCUT2D eigenvalue weighted by atomic mass is 35.5. The van der Waals surface area contributed by atoms with Crippen molar-refractivity contribution in [2.24, 2.45) is 11.7 Å². The lowest BCUT2D eigenvalue weighted by Gasteiger charge is -2.20. The second-order valence-electron chi connectivity index (χ2n) is 9.97. The SMILES string of the molecule is COc1cc(-c2ccc3ncc(CC4CC4)c(Nc4ccc(C(C)(C)N)cc4)c3c2)cc(Cl)c1O. The molecule has 1 saturated carbocycles. The number of aromatic nitrogens is 1. The summed E-state index contributed by atoms with van der Waals surface area (Å²) in [6.45, 7) is 4.01. The number of phenolic OH excluding ortho intramolecular Hbond substituents is 1. The van der Waals surface area contributed by atoms with Crippen LogP contribution in [0.1, 0.15) is 37.8 Å². The highest BCUT2D eigenvalue weighted by molar-refractivity contribution is 6.32. The Balaban J connectivity index is 1.61. The zero-order valence-corrected chi connectivity index (χ0v) is 21.0. The third-order valence-corrected chi connectivity index (χ3v) is 6.92. The summed E-state index contributed by atoms with van der Waals surface area (Å²) >= 11 is 6.28. The average Bonchev–Trinajstić information content (AvgIpc) is 3.66. The van der Waals surface area contributed by atoms with Crippen LogP contribution in [0.15, 0.2) is 60.8 Å². The number of fused-ring (bicyclic) bond motifs is 1. The van der Waals surface area contributed by atoms with Gasteiger partial charge < -0.3 is 20.9 Å². The minimum Gasteiger partial charge on any atom is -0.503 e. The number of nitrogens with two attached hydrogens (primary N) is 1. The second kappa shape index (κ2) is 9.06. The van der Waals surface area contributed by atoms with Gasteiger partial charge in [-0.05, 0) is 97.7 Å². The summed E-state index contributed by atoms with van der Waals surface area (Å²) in [5.74, 6) is 1.01. The first-order valence-corrected chi connectivity index (χ1v) is 12.3. The van der Waals surface area contributed by atoms with Crippen molar-refractivity contribution in [3.05, 3.63) is 76.9 Å². The van der Waals surface area contributed by atoms with Crippen LogP contribution in [0.3, 0.4) is 0 Å². The Bertz CT molecular complexity index is 1390. The van der Waals surface area contributed by atoms with Gasteiger partial charge in [-0.25, -0.2) is 0 Å². The first-order chi connectivity index (χ1) is 16.7. The van der Waals surface area contributed by atoms with E-state index in [-0.39, 0.29) is 16.3 Å². The van der Waals surface area contributed by atoms with Crippen LogP contribution in [0.25, 0.3) is 22.0 Å². The number of ether oxygens (including phenoxy) is 1. The third kappa shape index (κ3) is 4.93. The molecule has 35 heavy (non-hydrogen) atoms. The summed E-state index contributed by atoms with van der Waals surface area (Å²) < 4.78 is 5.31. The zero-order valence-electron chi connectivity index (χ0n) is 20.2. The molecule has 3 aromatic carbocycles. The summed E-state index contributed by atoms with van der Waals surface area (Å²) in [6, 6.07) is 18.0. The predicted molar refractivity (Wildman–Crippen MR) is 144 cm³/mol. The molecule has 4 aromatic rings. The molecule has 0 radical (unpaired) electrons. The summed E-state index contributed by atoms with van der Waals surface area (Å²) in [7, 11) is 1.52.